The molecule has 0 aliphatic heterocycles. The van der Waals surface area contributed by atoms with E-state index in [1.54, 1.807) is 47.1 Å². The molecule has 0 saturated heterocycles. The number of hydrogen-bond donors (Lipinski definition) is 0. The minimum Gasteiger partial charge on any atom is -0.493 e. The highest BCUT2D eigenvalue weighted by atomic mass is 16.5. The molecule has 0 aliphatic carbocycles. The van der Waals surface area contributed by atoms with Crippen LogP contribution in [0.15, 0.2) is 18.2 Å². The molecule has 0 amide bonds. The summed E-state index contributed by atoms with van der Waals surface area (Å²) in [6.07, 6.45) is 0. The highest BCUT2D eigenvalue weighted by Gasteiger charge is 2.55. The van der Waals surface area contributed by atoms with Crippen molar-refractivity contribution >= 4 is 5.97 Å². The van der Waals surface area contributed by atoms with E-state index in [9.17, 15) is 10.1 Å². The standard InChI is InChI=1S/C19H27NO4/c1-8-24-17(21)18(4,5)19(12-20,13(2)3)14-9-10-15(22-6)16(11-14)23-7/h9-11,13H,8H2,1-7H3/t19-/m0/s1. The number of nitrogens with zero attached hydrogens (tertiary/aromatic N) is 1. The van der Waals surface area contributed by atoms with Crippen molar-refractivity contribution < 1.29 is 19.0 Å². The lowest BCUT2D eigenvalue weighted by atomic mass is 9.57. The lowest BCUT2D eigenvalue weighted by molar-refractivity contribution is -0.157. The third-order valence-corrected chi connectivity index (χ3v) is 4.65. The van der Waals surface area contributed by atoms with Crippen molar-refractivity contribution in [2.24, 2.45) is 11.3 Å². The van der Waals surface area contributed by atoms with Crippen LogP contribution in [0.2, 0.25) is 0 Å². The maximum Gasteiger partial charge on any atom is 0.313 e. The number of methoxy groups -OCH3 is 2. The number of ether oxygens (including phenoxy) is 3. The molecule has 0 saturated carbocycles. The van der Waals surface area contributed by atoms with E-state index in [1.165, 1.54) is 0 Å². The fourth-order valence-electron chi connectivity index (χ4n) is 3.30. The second-order valence-corrected chi connectivity index (χ2v) is 6.49. The Kier molecular flexibility index (Phi) is 6.25. The molecule has 24 heavy (non-hydrogen) atoms. The Labute approximate surface area is 144 Å². The molecule has 0 radical (unpaired) electrons. The largest absolute Gasteiger partial charge is 0.493 e. The molecule has 1 atom stereocenters. The summed E-state index contributed by atoms with van der Waals surface area (Å²) in [4.78, 5) is 12.6. The summed E-state index contributed by atoms with van der Waals surface area (Å²) in [6.45, 7) is 9.40. The first-order valence-corrected chi connectivity index (χ1v) is 8.03. The van der Waals surface area contributed by atoms with Crippen LogP contribution in [0.1, 0.15) is 40.2 Å². The molecular formula is C19H27NO4. The molecule has 1 aromatic rings. The van der Waals surface area contributed by atoms with Crippen molar-refractivity contribution in [3.8, 4) is 17.6 Å². The van der Waals surface area contributed by atoms with Crippen molar-refractivity contribution in [1.82, 2.24) is 0 Å². The zero-order valence-corrected chi connectivity index (χ0v) is 15.6. The number of esters is 1. The van der Waals surface area contributed by atoms with Gasteiger partial charge in [0.05, 0.1) is 32.3 Å². The molecule has 5 nitrogen and oxygen atoms in total. The van der Waals surface area contributed by atoms with Crippen LogP contribution in [0.25, 0.3) is 0 Å². The van der Waals surface area contributed by atoms with E-state index in [0.717, 1.165) is 0 Å². The Morgan fingerprint density at radius 1 is 1.21 bits per heavy atom. The van der Waals surface area contributed by atoms with E-state index in [1.807, 2.05) is 19.9 Å². The van der Waals surface area contributed by atoms with Gasteiger partial charge in [0.25, 0.3) is 0 Å². The van der Waals surface area contributed by atoms with Gasteiger partial charge in [0.15, 0.2) is 11.5 Å². The van der Waals surface area contributed by atoms with Gasteiger partial charge in [0, 0.05) is 0 Å². The molecule has 132 valence electrons. The summed E-state index contributed by atoms with van der Waals surface area (Å²) in [6, 6.07) is 7.73. The van der Waals surface area contributed by atoms with Gasteiger partial charge < -0.3 is 14.2 Å². The molecule has 5 heteroatoms. The molecule has 0 spiro atoms. The second-order valence-electron chi connectivity index (χ2n) is 6.49. The third-order valence-electron chi connectivity index (χ3n) is 4.65. The molecule has 0 N–H and O–H groups in total. The number of carbonyl (C=O) groups excluding carboxylic acids is 1. The van der Waals surface area contributed by atoms with Gasteiger partial charge in [0.2, 0.25) is 0 Å². The Balaban J connectivity index is 3.64. The molecule has 1 aromatic carbocycles. The van der Waals surface area contributed by atoms with E-state index in [0.29, 0.717) is 17.1 Å². The first-order valence-electron chi connectivity index (χ1n) is 8.03. The summed E-state index contributed by atoms with van der Waals surface area (Å²) in [5.41, 5.74) is -1.40. The van der Waals surface area contributed by atoms with Crippen LogP contribution < -0.4 is 9.47 Å². The Hall–Kier alpha value is -2.22. The molecule has 0 heterocycles. The zero-order valence-electron chi connectivity index (χ0n) is 15.6. The first-order chi connectivity index (χ1) is 11.2. The van der Waals surface area contributed by atoms with E-state index in [2.05, 4.69) is 6.07 Å². The molecule has 0 aliphatic rings. The van der Waals surface area contributed by atoms with E-state index >= 15 is 0 Å². The predicted octanol–water partition coefficient (Wildman–Crippen LogP) is 3.71. The monoisotopic (exact) mass is 333 g/mol. The maximum absolute atomic E-state index is 12.6. The van der Waals surface area contributed by atoms with Crippen LogP contribution in [0.5, 0.6) is 11.5 Å². The molecule has 0 unspecified atom stereocenters. The summed E-state index contributed by atoms with van der Waals surface area (Å²) < 4.78 is 15.9. The van der Waals surface area contributed by atoms with Crippen molar-refractivity contribution in [1.29, 1.82) is 5.26 Å². The quantitative estimate of drug-likeness (QED) is 0.712. The summed E-state index contributed by atoms with van der Waals surface area (Å²) in [5, 5.41) is 10.1. The minimum absolute atomic E-state index is 0.125. The van der Waals surface area contributed by atoms with Crippen LogP contribution in [0.3, 0.4) is 0 Å². The number of benzene rings is 1. The van der Waals surface area contributed by atoms with Crippen LogP contribution in [-0.2, 0) is 14.9 Å². The smallest absolute Gasteiger partial charge is 0.313 e. The Bertz CT molecular complexity index is 631. The second kappa shape index (κ2) is 7.57. The van der Waals surface area contributed by atoms with Crippen LogP contribution in [0, 0.1) is 22.7 Å². The number of carbonyl (C=O) groups is 1. The summed E-state index contributed by atoms with van der Waals surface area (Å²) in [7, 11) is 3.10. The van der Waals surface area contributed by atoms with Gasteiger partial charge in [-0.3, -0.25) is 4.79 Å². The molecular weight excluding hydrogens is 306 g/mol. The van der Waals surface area contributed by atoms with Crippen molar-refractivity contribution in [3.05, 3.63) is 23.8 Å². The summed E-state index contributed by atoms with van der Waals surface area (Å²) >= 11 is 0. The average molecular weight is 333 g/mol. The Morgan fingerprint density at radius 2 is 1.79 bits per heavy atom. The molecule has 0 fully saturated rings. The Morgan fingerprint density at radius 3 is 2.21 bits per heavy atom. The van der Waals surface area contributed by atoms with Crippen LogP contribution in [-0.4, -0.2) is 26.8 Å². The first kappa shape index (κ1) is 19.8. The highest BCUT2D eigenvalue weighted by molar-refractivity contribution is 5.79. The van der Waals surface area contributed by atoms with Gasteiger partial charge in [-0.15, -0.1) is 0 Å². The van der Waals surface area contributed by atoms with Crippen molar-refractivity contribution in [2.45, 2.75) is 40.0 Å². The number of hydrogen-bond acceptors (Lipinski definition) is 5. The fourth-order valence-corrected chi connectivity index (χ4v) is 3.30. The van der Waals surface area contributed by atoms with Gasteiger partial charge in [0.1, 0.15) is 5.41 Å². The van der Waals surface area contributed by atoms with E-state index in [4.69, 9.17) is 14.2 Å². The SMILES string of the molecule is CCOC(=O)C(C)(C)[C@](C#N)(c1ccc(OC)c(OC)c1)C(C)C. The van der Waals surface area contributed by atoms with Crippen molar-refractivity contribution in [2.75, 3.05) is 20.8 Å². The van der Waals surface area contributed by atoms with Gasteiger partial charge >= 0.3 is 5.97 Å². The van der Waals surface area contributed by atoms with E-state index in [-0.39, 0.29) is 12.5 Å². The topological polar surface area (TPSA) is 68.6 Å². The summed E-state index contributed by atoms with van der Waals surface area (Å²) in [5.74, 6) is 0.579. The zero-order chi connectivity index (χ0) is 18.5. The number of rotatable bonds is 7. The number of nitriles is 1. The average Bonchev–Trinajstić information content (AvgIpc) is 2.55. The minimum atomic E-state index is -1.07. The third kappa shape index (κ3) is 3.06. The predicted molar refractivity (Wildman–Crippen MR) is 92.1 cm³/mol. The van der Waals surface area contributed by atoms with Gasteiger partial charge in [-0.25, -0.2) is 0 Å². The lowest BCUT2D eigenvalue weighted by Gasteiger charge is -2.43. The normalized spacial score (nSPS) is 13.8. The van der Waals surface area contributed by atoms with Crippen molar-refractivity contribution in [3.63, 3.8) is 0 Å². The van der Waals surface area contributed by atoms with Crippen LogP contribution >= 0.6 is 0 Å². The lowest BCUT2D eigenvalue weighted by Crippen LogP contribution is -2.50. The van der Waals surface area contributed by atoms with E-state index < -0.39 is 16.8 Å². The molecule has 1 rings (SSSR count). The molecule has 0 aromatic heterocycles. The fraction of sp³-hybridized carbons (Fsp3) is 0.579. The maximum atomic E-state index is 12.6. The molecule has 0 bridgehead atoms. The van der Waals surface area contributed by atoms with Crippen LogP contribution in [0.4, 0.5) is 0 Å². The van der Waals surface area contributed by atoms with Gasteiger partial charge in [-0.05, 0) is 44.4 Å². The van der Waals surface area contributed by atoms with Gasteiger partial charge in [-0.1, -0.05) is 19.9 Å². The highest BCUT2D eigenvalue weighted by Crippen LogP contribution is 2.49. The van der Waals surface area contributed by atoms with Gasteiger partial charge in [-0.2, -0.15) is 5.26 Å².